The van der Waals surface area contributed by atoms with Crippen LogP contribution in [0.25, 0.3) is 11.1 Å². The number of fused-ring (bicyclic) bond motifs is 1. The molecular weight excluding hydrogens is 464 g/mol. The first kappa shape index (κ1) is 23.4. The van der Waals surface area contributed by atoms with Crippen molar-refractivity contribution in [2.45, 2.75) is 38.6 Å². The summed E-state index contributed by atoms with van der Waals surface area (Å²) < 4.78 is 36.9. The van der Waals surface area contributed by atoms with Crippen LogP contribution in [0.2, 0.25) is 0 Å². The number of anilines is 1. The molecule has 1 heterocycles. The fourth-order valence-corrected chi connectivity index (χ4v) is 4.92. The highest BCUT2D eigenvalue weighted by atomic mass is 32.2. The Morgan fingerprint density at radius 2 is 1.71 bits per heavy atom. The third-order valence-corrected chi connectivity index (χ3v) is 8.09. The maximum absolute atomic E-state index is 13.3. The summed E-state index contributed by atoms with van der Waals surface area (Å²) in [6.45, 7) is 4.10. The van der Waals surface area contributed by atoms with Gasteiger partial charge in [0, 0.05) is 12.2 Å². The highest BCUT2D eigenvalue weighted by Crippen LogP contribution is 2.51. The smallest absolute Gasteiger partial charge is 0.235 e. The quantitative estimate of drug-likeness (QED) is 0.483. The maximum Gasteiger partial charge on any atom is 0.235 e. The van der Waals surface area contributed by atoms with Gasteiger partial charge < -0.3 is 14.8 Å². The Bertz CT molecular complexity index is 1380. The Morgan fingerprint density at radius 1 is 0.971 bits per heavy atom. The summed E-state index contributed by atoms with van der Waals surface area (Å²) in [6, 6.07) is 19.4. The summed E-state index contributed by atoms with van der Waals surface area (Å²) in [5.41, 5.74) is 5.11. The lowest BCUT2D eigenvalue weighted by Gasteiger charge is -2.17. The number of amides is 1. The molecule has 1 amide bonds. The third kappa shape index (κ3) is 4.76. The predicted octanol–water partition coefficient (Wildman–Crippen LogP) is 4.50. The molecule has 0 aromatic heterocycles. The zero-order valence-electron chi connectivity index (χ0n) is 19.8. The molecule has 8 heteroatoms. The van der Waals surface area contributed by atoms with Crippen molar-refractivity contribution < 1.29 is 22.7 Å². The van der Waals surface area contributed by atoms with Gasteiger partial charge in [-0.3, -0.25) is 4.79 Å². The number of rotatable bonds is 8. The average molecular weight is 493 g/mol. The van der Waals surface area contributed by atoms with Gasteiger partial charge in [0.15, 0.2) is 11.5 Å². The van der Waals surface area contributed by atoms with Gasteiger partial charge in [0.05, 0.1) is 11.2 Å². The lowest BCUT2D eigenvalue weighted by molar-refractivity contribution is -0.118. The van der Waals surface area contributed by atoms with Crippen molar-refractivity contribution >= 4 is 21.6 Å². The summed E-state index contributed by atoms with van der Waals surface area (Å²) >= 11 is 0. The average Bonchev–Trinajstić information content (AvgIpc) is 3.55. The number of carbonyl (C=O) groups excluding carboxylic acids is 1. The number of hydrogen-bond donors (Lipinski definition) is 2. The second-order valence-electron chi connectivity index (χ2n) is 9.06. The molecule has 1 fully saturated rings. The van der Waals surface area contributed by atoms with Crippen molar-refractivity contribution in [1.82, 2.24) is 4.72 Å². The van der Waals surface area contributed by atoms with Crippen LogP contribution < -0.4 is 19.5 Å². The number of benzene rings is 3. The fraction of sp³-hybridized carbons (Fsp3) is 0.296. The van der Waals surface area contributed by atoms with E-state index in [1.54, 1.807) is 6.92 Å². The molecule has 1 aliphatic heterocycles. The molecule has 182 valence electrons. The van der Waals surface area contributed by atoms with Gasteiger partial charge in [-0.25, -0.2) is 13.1 Å². The van der Waals surface area contributed by atoms with Gasteiger partial charge in [-0.1, -0.05) is 36.4 Å². The van der Waals surface area contributed by atoms with Crippen molar-refractivity contribution in [3.63, 3.8) is 0 Å². The van der Waals surface area contributed by atoms with E-state index in [1.807, 2.05) is 67.6 Å². The van der Waals surface area contributed by atoms with Crippen LogP contribution in [0.4, 0.5) is 5.69 Å². The molecule has 0 spiro atoms. The summed E-state index contributed by atoms with van der Waals surface area (Å²) in [6.07, 6.45) is 1.58. The van der Waals surface area contributed by atoms with Crippen LogP contribution in [0.5, 0.6) is 11.5 Å². The van der Waals surface area contributed by atoms with Crippen LogP contribution >= 0.6 is 0 Å². The largest absolute Gasteiger partial charge is 0.454 e. The van der Waals surface area contributed by atoms with Crippen molar-refractivity contribution in [2.75, 3.05) is 17.9 Å². The van der Waals surface area contributed by atoms with Gasteiger partial charge in [0.25, 0.3) is 0 Å². The molecule has 0 unspecified atom stereocenters. The Morgan fingerprint density at radius 3 is 2.43 bits per heavy atom. The molecule has 3 aromatic carbocycles. The number of aryl methyl sites for hydroxylation is 1. The SMILES string of the molecule is CCS(=O)(=O)NCc1ccc(-c2cc(NC(=O)C3(c4ccc5c(c4)OCO5)CC3)ccc2C)cc1. The van der Waals surface area contributed by atoms with E-state index in [0.717, 1.165) is 46.3 Å². The zero-order chi connectivity index (χ0) is 24.6. The van der Waals surface area contributed by atoms with Crippen LogP contribution in [-0.4, -0.2) is 26.9 Å². The zero-order valence-corrected chi connectivity index (χ0v) is 20.6. The van der Waals surface area contributed by atoms with E-state index < -0.39 is 15.4 Å². The lowest BCUT2D eigenvalue weighted by Crippen LogP contribution is -2.27. The lowest BCUT2D eigenvalue weighted by atomic mass is 9.94. The Balaban J connectivity index is 1.32. The van der Waals surface area contributed by atoms with Crippen LogP contribution in [-0.2, 0) is 26.8 Å². The predicted molar refractivity (Wildman–Crippen MR) is 135 cm³/mol. The topological polar surface area (TPSA) is 93.7 Å². The van der Waals surface area contributed by atoms with Crippen LogP contribution in [0.15, 0.2) is 60.7 Å². The molecule has 1 saturated carbocycles. The van der Waals surface area contributed by atoms with E-state index in [2.05, 4.69) is 10.0 Å². The summed E-state index contributed by atoms with van der Waals surface area (Å²) in [5, 5.41) is 3.12. The molecule has 0 bridgehead atoms. The van der Waals surface area contributed by atoms with Crippen molar-refractivity contribution in [2.24, 2.45) is 0 Å². The normalized spacial score (nSPS) is 15.6. The maximum atomic E-state index is 13.3. The minimum absolute atomic E-state index is 0.0234. The third-order valence-electron chi connectivity index (χ3n) is 6.75. The Hall–Kier alpha value is -3.36. The molecule has 5 rings (SSSR count). The molecule has 1 aliphatic carbocycles. The van der Waals surface area contributed by atoms with Gasteiger partial charge in [0.1, 0.15) is 0 Å². The van der Waals surface area contributed by atoms with Crippen molar-refractivity contribution in [3.8, 4) is 22.6 Å². The Kier molecular flexibility index (Phi) is 6.02. The highest BCUT2D eigenvalue weighted by molar-refractivity contribution is 7.89. The monoisotopic (exact) mass is 492 g/mol. The first-order valence-electron chi connectivity index (χ1n) is 11.7. The number of hydrogen-bond acceptors (Lipinski definition) is 5. The van der Waals surface area contributed by atoms with Gasteiger partial charge in [-0.05, 0) is 78.8 Å². The van der Waals surface area contributed by atoms with E-state index in [-0.39, 0.29) is 25.0 Å². The Labute approximate surface area is 205 Å². The summed E-state index contributed by atoms with van der Waals surface area (Å²) in [5.74, 6) is 1.43. The number of sulfonamides is 1. The molecule has 0 radical (unpaired) electrons. The number of nitrogens with one attached hydrogen (secondary N) is 2. The van der Waals surface area contributed by atoms with Gasteiger partial charge in [-0.2, -0.15) is 0 Å². The van der Waals surface area contributed by atoms with E-state index in [1.165, 1.54) is 0 Å². The first-order chi connectivity index (χ1) is 16.8. The van der Waals surface area contributed by atoms with E-state index in [9.17, 15) is 13.2 Å². The van der Waals surface area contributed by atoms with Crippen LogP contribution in [0.3, 0.4) is 0 Å². The standard InChI is InChI=1S/C27H28N2O5S/c1-3-35(31,32)28-16-19-5-7-20(8-6-19)23-15-22(10-4-18(23)2)29-26(30)27(12-13-27)21-9-11-24-25(14-21)34-17-33-24/h4-11,14-15,28H,3,12-13,16-17H2,1-2H3,(H,29,30). The number of ether oxygens (including phenoxy) is 2. The van der Waals surface area contributed by atoms with E-state index in [0.29, 0.717) is 11.5 Å². The van der Waals surface area contributed by atoms with E-state index in [4.69, 9.17) is 9.47 Å². The second-order valence-corrected chi connectivity index (χ2v) is 11.2. The molecular formula is C27H28N2O5S. The van der Waals surface area contributed by atoms with Gasteiger partial charge in [-0.15, -0.1) is 0 Å². The van der Waals surface area contributed by atoms with Crippen molar-refractivity contribution in [3.05, 3.63) is 77.4 Å². The summed E-state index contributed by atoms with van der Waals surface area (Å²) in [4.78, 5) is 13.3. The molecule has 35 heavy (non-hydrogen) atoms. The fourth-order valence-electron chi connectivity index (χ4n) is 4.33. The van der Waals surface area contributed by atoms with Gasteiger partial charge >= 0.3 is 0 Å². The van der Waals surface area contributed by atoms with E-state index >= 15 is 0 Å². The first-order valence-corrected chi connectivity index (χ1v) is 13.3. The van der Waals surface area contributed by atoms with Crippen molar-refractivity contribution in [1.29, 1.82) is 0 Å². The molecule has 2 N–H and O–H groups in total. The van der Waals surface area contributed by atoms with Crippen LogP contribution in [0.1, 0.15) is 36.5 Å². The molecule has 0 atom stereocenters. The minimum atomic E-state index is -3.24. The molecule has 2 aliphatic rings. The minimum Gasteiger partial charge on any atom is -0.454 e. The highest BCUT2D eigenvalue weighted by Gasteiger charge is 2.51. The van der Waals surface area contributed by atoms with Gasteiger partial charge in [0.2, 0.25) is 22.7 Å². The van der Waals surface area contributed by atoms with Crippen LogP contribution in [0, 0.1) is 6.92 Å². The molecule has 0 saturated heterocycles. The molecule has 3 aromatic rings. The second kappa shape index (κ2) is 9.02. The number of carbonyl (C=O) groups is 1. The summed E-state index contributed by atoms with van der Waals surface area (Å²) in [7, 11) is -3.24. The molecule has 7 nitrogen and oxygen atoms in total.